The SMILES string of the molecule is CCOC(=O)C[C@H](NS)c1c(F)c(-c2c(C)cc(F)c(C)c2C)cc(C(F)(F)F)c1F. The highest BCUT2D eigenvalue weighted by Crippen LogP contribution is 2.42. The van der Waals surface area contributed by atoms with Crippen LogP contribution in [0.2, 0.25) is 0 Å². The van der Waals surface area contributed by atoms with Gasteiger partial charge in [0.15, 0.2) is 0 Å². The van der Waals surface area contributed by atoms with Crippen molar-refractivity contribution in [3.63, 3.8) is 0 Å². The van der Waals surface area contributed by atoms with Crippen molar-refractivity contribution >= 4 is 18.8 Å². The Morgan fingerprint density at radius 2 is 1.71 bits per heavy atom. The number of hydrogen-bond donors (Lipinski definition) is 2. The van der Waals surface area contributed by atoms with Crippen LogP contribution in [-0.2, 0) is 15.7 Å². The molecule has 0 spiro atoms. The van der Waals surface area contributed by atoms with E-state index < -0.39 is 58.8 Å². The molecule has 3 nitrogen and oxygen atoms in total. The van der Waals surface area contributed by atoms with E-state index >= 15 is 4.39 Å². The van der Waals surface area contributed by atoms with Crippen LogP contribution in [-0.4, -0.2) is 12.6 Å². The molecular formula is C21H21F6NO2S. The number of rotatable bonds is 6. The van der Waals surface area contributed by atoms with E-state index in [1.54, 1.807) is 0 Å². The second kappa shape index (κ2) is 9.52. The van der Waals surface area contributed by atoms with Gasteiger partial charge in [-0.2, -0.15) is 13.2 Å². The first-order chi connectivity index (χ1) is 14.3. The smallest absolute Gasteiger partial charge is 0.419 e. The molecule has 0 heterocycles. The minimum Gasteiger partial charge on any atom is -0.466 e. The van der Waals surface area contributed by atoms with Gasteiger partial charge in [-0.3, -0.25) is 9.52 Å². The molecule has 2 aromatic carbocycles. The number of ether oxygens (including phenoxy) is 1. The average Bonchev–Trinajstić information content (AvgIpc) is 2.66. The number of carbonyl (C=O) groups is 1. The Balaban J connectivity index is 2.88. The van der Waals surface area contributed by atoms with Crippen LogP contribution in [0.15, 0.2) is 12.1 Å². The van der Waals surface area contributed by atoms with Crippen LogP contribution in [0.5, 0.6) is 0 Å². The molecule has 0 aliphatic carbocycles. The molecule has 0 amide bonds. The maximum absolute atomic E-state index is 15.5. The van der Waals surface area contributed by atoms with Gasteiger partial charge in [-0.05, 0) is 62.1 Å². The van der Waals surface area contributed by atoms with E-state index in [0.717, 1.165) is 6.07 Å². The Morgan fingerprint density at radius 3 is 2.23 bits per heavy atom. The average molecular weight is 465 g/mol. The predicted molar refractivity (Wildman–Crippen MR) is 107 cm³/mol. The molecule has 0 bridgehead atoms. The van der Waals surface area contributed by atoms with Gasteiger partial charge in [-0.1, -0.05) is 12.8 Å². The lowest BCUT2D eigenvalue weighted by molar-refractivity contribution is -0.143. The van der Waals surface area contributed by atoms with Crippen LogP contribution in [0.4, 0.5) is 26.3 Å². The highest BCUT2D eigenvalue weighted by Gasteiger charge is 2.39. The molecule has 0 aliphatic rings. The summed E-state index contributed by atoms with van der Waals surface area (Å²) < 4.78 is 92.2. The second-order valence-electron chi connectivity index (χ2n) is 7.00. The molecule has 2 aromatic rings. The zero-order valence-corrected chi connectivity index (χ0v) is 18.1. The van der Waals surface area contributed by atoms with E-state index in [4.69, 9.17) is 4.74 Å². The Morgan fingerprint density at radius 1 is 1.10 bits per heavy atom. The number of alkyl halides is 3. The number of thiol groups is 1. The van der Waals surface area contributed by atoms with E-state index in [-0.39, 0.29) is 28.9 Å². The van der Waals surface area contributed by atoms with Gasteiger partial charge in [0.2, 0.25) is 0 Å². The van der Waals surface area contributed by atoms with Gasteiger partial charge in [0.1, 0.15) is 17.5 Å². The molecule has 31 heavy (non-hydrogen) atoms. The first kappa shape index (κ1) is 25.1. The fourth-order valence-electron chi connectivity index (χ4n) is 3.40. The summed E-state index contributed by atoms with van der Waals surface area (Å²) in [5.74, 6) is -4.65. The summed E-state index contributed by atoms with van der Waals surface area (Å²) in [6, 6.07) is -0.119. The van der Waals surface area contributed by atoms with Gasteiger partial charge in [-0.25, -0.2) is 13.2 Å². The van der Waals surface area contributed by atoms with Crippen molar-refractivity contribution in [3.05, 3.63) is 57.4 Å². The zero-order valence-electron chi connectivity index (χ0n) is 17.2. The van der Waals surface area contributed by atoms with Gasteiger partial charge < -0.3 is 4.74 Å². The molecule has 2 rings (SSSR count). The molecular weight excluding hydrogens is 444 g/mol. The monoisotopic (exact) mass is 465 g/mol. The van der Waals surface area contributed by atoms with Crippen LogP contribution >= 0.6 is 12.8 Å². The second-order valence-corrected chi connectivity index (χ2v) is 7.26. The van der Waals surface area contributed by atoms with Crippen LogP contribution in [0.3, 0.4) is 0 Å². The van der Waals surface area contributed by atoms with Gasteiger partial charge >= 0.3 is 12.1 Å². The number of nitrogens with one attached hydrogen (secondary N) is 1. The van der Waals surface area contributed by atoms with Crippen molar-refractivity contribution in [2.45, 2.75) is 46.3 Å². The minimum atomic E-state index is -5.15. The van der Waals surface area contributed by atoms with Crippen molar-refractivity contribution in [2.24, 2.45) is 0 Å². The van der Waals surface area contributed by atoms with Crippen LogP contribution < -0.4 is 4.72 Å². The van der Waals surface area contributed by atoms with E-state index in [1.807, 2.05) is 0 Å². The van der Waals surface area contributed by atoms with Crippen molar-refractivity contribution in [2.75, 3.05) is 6.61 Å². The molecule has 0 fully saturated rings. The molecule has 0 aliphatic heterocycles. The van der Waals surface area contributed by atoms with E-state index in [0.29, 0.717) is 6.07 Å². The zero-order chi connectivity index (χ0) is 23.7. The third-order valence-corrected chi connectivity index (χ3v) is 5.33. The first-order valence-corrected chi connectivity index (χ1v) is 9.70. The maximum Gasteiger partial charge on any atom is 0.419 e. The number of carbonyl (C=O) groups excluding carboxylic acids is 1. The third kappa shape index (κ3) is 5.01. The Kier molecular flexibility index (Phi) is 7.70. The topological polar surface area (TPSA) is 38.3 Å². The number of esters is 1. The van der Waals surface area contributed by atoms with Gasteiger partial charge in [0.25, 0.3) is 0 Å². The van der Waals surface area contributed by atoms with E-state index in [1.165, 1.54) is 27.7 Å². The lowest BCUT2D eigenvalue weighted by Crippen LogP contribution is -2.23. The van der Waals surface area contributed by atoms with Gasteiger partial charge in [-0.15, -0.1) is 0 Å². The molecule has 0 radical (unpaired) electrons. The summed E-state index contributed by atoms with van der Waals surface area (Å²) in [7, 11) is 0. The fourth-order valence-corrected chi connectivity index (χ4v) is 3.62. The minimum absolute atomic E-state index is 0.0113. The Labute approximate surface area is 181 Å². The summed E-state index contributed by atoms with van der Waals surface area (Å²) >= 11 is 3.74. The van der Waals surface area contributed by atoms with Crippen LogP contribution in [0.1, 0.15) is 47.2 Å². The Hall–Kier alpha value is -2.20. The maximum atomic E-state index is 15.5. The summed E-state index contributed by atoms with van der Waals surface area (Å²) in [5.41, 5.74) is -2.76. The van der Waals surface area contributed by atoms with Crippen molar-refractivity contribution < 1.29 is 35.9 Å². The summed E-state index contributed by atoms with van der Waals surface area (Å²) in [4.78, 5) is 11.8. The van der Waals surface area contributed by atoms with E-state index in [9.17, 15) is 26.7 Å². The number of benzene rings is 2. The quantitative estimate of drug-likeness (QED) is 0.306. The lowest BCUT2D eigenvalue weighted by Gasteiger charge is -2.23. The van der Waals surface area contributed by atoms with Gasteiger partial charge in [0.05, 0.1) is 24.6 Å². The molecule has 0 saturated carbocycles. The van der Waals surface area contributed by atoms with Crippen molar-refractivity contribution in [1.29, 1.82) is 0 Å². The van der Waals surface area contributed by atoms with Crippen LogP contribution in [0, 0.1) is 38.2 Å². The van der Waals surface area contributed by atoms with Crippen molar-refractivity contribution in [3.8, 4) is 11.1 Å². The first-order valence-electron chi connectivity index (χ1n) is 9.26. The molecule has 0 saturated heterocycles. The summed E-state index contributed by atoms with van der Waals surface area (Å²) in [6.07, 6.45) is -5.81. The highest BCUT2D eigenvalue weighted by atomic mass is 32.1. The standard InChI is InChI=1S/C21H21F6NO2S/c1-5-30-16(29)8-15(28-31)18-19(23)12(7-13(20(18)24)21(25,26)27)17-9(2)6-14(22)10(3)11(17)4/h6-7,15,28,31H,5,8H2,1-4H3/t15-/m0/s1. The molecule has 0 aromatic heterocycles. The molecule has 1 N–H and O–H groups in total. The lowest BCUT2D eigenvalue weighted by atomic mass is 9.88. The Bertz CT molecular complexity index is 1010. The molecule has 1 atom stereocenters. The molecule has 0 unspecified atom stereocenters. The fraction of sp³-hybridized carbons (Fsp3) is 0.381. The molecule has 10 heteroatoms. The van der Waals surface area contributed by atoms with Crippen molar-refractivity contribution in [1.82, 2.24) is 4.72 Å². The van der Waals surface area contributed by atoms with E-state index in [2.05, 4.69) is 17.5 Å². The van der Waals surface area contributed by atoms with Gasteiger partial charge in [0, 0.05) is 11.1 Å². The predicted octanol–water partition coefficient (Wildman–Crippen LogP) is 6.14. The summed E-state index contributed by atoms with van der Waals surface area (Å²) in [6.45, 7) is 5.73. The largest absolute Gasteiger partial charge is 0.466 e. The van der Waals surface area contributed by atoms with Crippen LogP contribution in [0.25, 0.3) is 11.1 Å². The number of halogens is 6. The summed E-state index contributed by atoms with van der Waals surface area (Å²) in [5, 5.41) is 0. The third-order valence-electron chi connectivity index (χ3n) is 5.02. The number of hydrogen-bond acceptors (Lipinski definition) is 4. The highest BCUT2D eigenvalue weighted by molar-refractivity contribution is 7.78. The normalized spacial score (nSPS) is 12.7. The number of aryl methyl sites for hydroxylation is 1. The molecule has 170 valence electrons.